The minimum atomic E-state index is -1.03. The summed E-state index contributed by atoms with van der Waals surface area (Å²) in [7, 11) is 0. The van der Waals surface area contributed by atoms with Crippen molar-refractivity contribution in [3.05, 3.63) is 34.3 Å². The zero-order valence-electron chi connectivity index (χ0n) is 10.4. The molecule has 5 nitrogen and oxygen atoms in total. The van der Waals surface area contributed by atoms with Gasteiger partial charge in [-0.15, -0.1) is 12.3 Å². The number of hydrogen-bond donors (Lipinski definition) is 1. The van der Waals surface area contributed by atoms with Gasteiger partial charge in [0.05, 0.1) is 0 Å². The fourth-order valence-corrected chi connectivity index (χ4v) is 2.40. The van der Waals surface area contributed by atoms with E-state index in [4.69, 9.17) is 6.42 Å². The van der Waals surface area contributed by atoms with Crippen LogP contribution >= 0.6 is 15.9 Å². The van der Waals surface area contributed by atoms with E-state index in [2.05, 4.69) is 27.2 Å². The molecule has 4 amide bonds. The number of terminal acetylenes is 1. The molecule has 1 N–H and O–H groups in total. The van der Waals surface area contributed by atoms with Crippen molar-refractivity contribution in [2.45, 2.75) is 12.3 Å². The number of benzene rings is 1. The number of hydrogen-bond acceptors (Lipinski definition) is 3. The number of urea groups is 1. The van der Waals surface area contributed by atoms with Gasteiger partial charge in [0.25, 0.3) is 0 Å². The van der Waals surface area contributed by atoms with Gasteiger partial charge < -0.3 is 0 Å². The second-order valence-electron chi connectivity index (χ2n) is 4.23. The monoisotopic (exact) mass is 334 g/mol. The van der Waals surface area contributed by atoms with Crippen LogP contribution in [0.25, 0.3) is 0 Å². The van der Waals surface area contributed by atoms with E-state index in [0.717, 1.165) is 9.37 Å². The third-order valence-electron chi connectivity index (χ3n) is 2.91. The zero-order valence-corrected chi connectivity index (χ0v) is 12.0. The van der Waals surface area contributed by atoms with Gasteiger partial charge in [0.2, 0.25) is 11.8 Å². The van der Waals surface area contributed by atoms with E-state index in [1.807, 2.05) is 0 Å². The molecule has 1 aromatic rings. The lowest BCUT2D eigenvalue weighted by Gasteiger charge is -2.29. The van der Waals surface area contributed by atoms with E-state index < -0.39 is 23.8 Å². The quantitative estimate of drug-likeness (QED) is 0.675. The van der Waals surface area contributed by atoms with Gasteiger partial charge in [0, 0.05) is 17.4 Å². The maximum absolute atomic E-state index is 12.3. The summed E-state index contributed by atoms with van der Waals surface area (Å²) in [5.41, 5.74) is 0.528. The van der Waals surface area contributed by atoms with E-state index in [-0.39, 0.29) is 13.0 Å². The van der Waals surface area contributed by atoms with Crippen LogP contribution in [0.15, 0.2) is 28.7 Å². The molecule has 1 aromatic carbocycles. The van der Waals surface area contributed by atoms with Crippen molar-refractivity contribution >= 4 is 33.8 Å². The number of carbonyl (C=O) groups excluding carboxylic acids is 3. The second-order valence-corrected chi connectivity index (χ2v) is 5.14. The molecule has 0 radical (unpaired) electrons. The summed E-state index contributed by atoms with van der Waals surface area (Å²) in [6.07, 6.45) is 5.39. The predicted molar refractivity (Wildman–Crippen MR) is 75.6 cm³/mol. The SMILES string of the molecule is C#CCCN1C(=O)NC(=O)C(c2cccc(Br)c2)C1=O. The van der Waals surface area contributed by atoms with Crippen LogP contribution in [-0.4, -0.2) is 29.3 Å². The highest BCUT2D eigenvalue weighted by molar-refractivity contribution is 9.10. The van der Waals surface area contributed by atoms with Gasteiger partial charge in [-0.1, -0.05) is 28.1 Å². The van der Waals surface area contributed by atoms with E-state index in [9.17, 15) is 14.4 Å². The predicted octanol–water partition coefficient (Wildman–Crippen LogP) is 1.63. The molecule has 1 atom stereocenters. The minimum absolute atomic E-state index is 0.0962. The summed E-state index contributed by atoms with van der Waals surface area (Å²) in [6, 6.07) is 6.14. The van der Waals surface area contributed by atoms with Crippen LogP contribution in [0.5, 0.6) is 0 Å². The lowest BCUT2D eigenvalue weighted by atomic mass is 9.95. The molecule has 102 valence electrons. The van der Waals surface area contributed by atoms with Gasteiger partial charge in [0.1, 0.15) is 5.92 Å². The molecule has 1 heterocycles. The van der Waals surface area contributed by atoms with Gasteiger partial charge >= 0.3 is 6.03 Å². The van der Waals surface area contributed by atoms with Crippen LogP contribution in [0.2, 0.25) is 0 Å². The number of nitrogens with zero attached hydrogens (tertiary/aromatic N) is 1. The van der Waals surface area contributed by atoms with Gasteiger partial charge in [0.15, 0.2) is 0 Å². The fourth-order valence-electron chi connectivity index (χ4n) is 1.98. The molecule has 0 aliphatic carbocycles. The third kappa shape index (κ3) is 2.73. The number of nitrogens with one attached hydrogen (secondary N) is 1. The Labute approximate surface area is 124 Å². The Morgan fingerprint density at radius 1 is 1.35 bits per heavy atom. The molecular weight excluding hydrogens is 324 g/mol. The minimum Gasteiger partial charge on any atom is -0.277 e. The molecule has 1 unspecified atom stereocenters. The number of imide groups is 2. The summed E-state index contributed by atoms with van der Waals surface area (Å²) < 4.78 is 0.752. The number of halogens is 1. The topological polar surface area (TPSA) is 66.5 Å². The Hall–Kier alpha value is -2.13. The van der Waals surface area contributed by atoms with Crippen LogP contribution in [0, 0.1) is 12.3 Å². The van der Waals surface area contributed by atoms with Crippen LogP contribution in [-0.2, 0) is 9.59 Å². The highest BCUT2D eigenvalue weighted by Crippen LogP contribution is 2.25. The first-order valence-electron chi connectivity index (χ1n) is 5.89. The van der Waals surface area contributed by atoms with Crippen molar-refractivity contribution in [2.75, 3.05) is 6.54 Å². The molecule has 2 rings (SSSR count). The van der Waals surface area contributed by atoms with Gasteiger partial charge in [-0.3, -0.25) is 19.8 Å². The zero-order chi connectivity index (χ0) is 14.7. The molecule has 6 heteroatoms. The average Bonchev–Trinajstić information content (AvgIpc) is 2.38. The highest BCUT2D eigenvalue weighted by atomic mass is 79.9. The van der Waals surface area contributed by atoms with Gasteiger partial charge in [-0.05, 0) is 17.7 Å². The van der Waals surface area contributed by atoms with Gasteiger partial charge in [-0.2, -0.15) is 0 Å². The molecule has 0 bridgehead atoms. The van der Waals surface area contributed by atoms with Gasteiger partial charge in [-0.25, -0.2) is 4.79 Å². The van der Waals surface area contributed by atoms with Crippen LogP contribution in [0.1, 0.15) is 17.9 Å². The maximum atomic E-state index is 12.3. The largest absolute Gasteiger partial charge is 0.330 e. The second kappa shape index (κ2) is 5.88. The standard InChI is InChI=1S/C14H11BrN2O3/c1-2-3-7-17-13(19)11(12(18)16-14(17)20)9-5-4-6-10(15)8-9/h1,4-6,8,11H,3,7H2,(H,16,18,20). The Kier molecular flexibility index (Phi) is 4.20. The molecule has 1 aliphatic heterocycles. The Bertz CT molecular complexity index is 621. The Morgan fingerprint density at radius 3 is 2.75 bits per heavy atom. The summed E-state index contributed by atoms with van der Waals surface area (Å²) in [5.74, 6) is 0.175. The number of amides is 4. The van der Waals surface area contributed by atoms with E-state index in [1.165, 1.54) is 0 Å². The lowest BCUT2D eigenvalue weighted by Crippen LogP contribution is -2.56. The third-order valence-corrected chi connectivity index (χ3v) is 3.41. The molecular formula is C14H11BrN2O3. The summed E-state index contributed by atoms with van der Waals surface area (Å²) in [5, 5.41) is 2.18. The Morgan fingerprint density at radius 2 is 2.10 bits per heavy atom. The van der Waals surface area contributed by atoms with E-state index in [0.29, 0.717) is 5.56 Å². The van der Waals surface area contributed by atoms with Crippen molar-refractivity contribution in [2.24, 2.45) is 0 Å². The van der Waals surface area contributed by atoms with E-state index >= 15 is 0 Å². The normalized spacial score (nSPS) is 18.7. The number of carbonyl (C=O) groups is 3. The van der Waals surface area contributed by atoms with Crippen molar-refractivity contribution in [3.63, 3.8) is 0 Å². The highest BCUT2D eigenvalue weighted by Gasteiger charge is 2.40. The van der Waals surface area contributed by atoms with Crippen molar-refractivity contribution < 1.29 is 14.4 Å². The Balaban J connectivity index is 2.32. The maximum Gasteiger partial charge on any atom is 0.330 e. The van der Waals surface area contributed by atoms with Crippen molar-refractivity contribution in [3.8, 4) is 12.3 Å². The first-order valence-corrected chi connectivity index (χ1v) is 6.69. The molecule has 20 heavy (non-hydrogen) atoms. The smallest absolute Gasteiger partial charge is 0.277 e. The van der Waals surface area contributed by atoms with Crippen LogP contribution < -0.4 is 5.32 Å². The molecule has 1 aliphatic rings. The molecule has 1 fully saturated rings. The average molecular weight is 335 g/mol. The molecule has 1 saturated heterocycles. The molecule has 0 spiro atoms. The first kappa shape index (κ1) is 14.3. The number of rotatable bonds is 3. The summed E-state index contributed by atoms with van der Waals surface area (Å²) in [6.45, 7) is 0.0962. The number of barbiturate groups is 1. The van der Waals surface area contributed by atoms with Crippen LogP contribution in [0.4, 0.5) is 4.79 Å². The van der Waals surface area contributed by atoms with Crippen LogP contribution in [0.3, 0.4) is 0 Å². The fraction of sp³-hybridized carbons (Fsp3) is 0.214. The lowest BCUT2D eigenvalue weighted by molar-refractivity contribution is -0.138. The van der Waals surface area contributed by atoms with Crippen molar-refractivity contribution in [1.82, 2.24) is 10.2 Å². The van der Waals surface area contributed by atoms with Crippen molar-refractivity contribution in [1.29, 1.82) is 0 Å². The molecule has 0 aromatic heterocycles. The molecule has 0 saturated carbocycles. The summed E-state index contributed by atoms with van der Waals surface area (Å²) in [4.78, 5) is 36.9. The summed E-state index contributed by atoms with van der Waals surface area (Å²) >= 11 is 3.29. The van der Waals surface area contributed by atoms with E-state index in [1.54, 1.807) is 24.3 Å². The first-order chi connectivity index (χ1) is 9.54.